The zero-order valence-corrected chi connectivity index (χ0v) is 14.0. The minimum absolute atomic E-state index is 0.0196. The number of aryl methyl sites for hydroxylation is 1. The Morgan fingerprint density at radius 1 is 1.50 bits per heavy atom. The van der Waals surface area contributed by atoms with Gasteiger partial charge in [-0.15, -0.1) is 0 Å². The summed E-state index contributed by atoms with van der Waals surface area (Å²) in [4.78, 5) is 12.1. The van der Waals surface area contributed by atoms with Crippen LogP contribution in [0, 0.1) is 6.92 Å². The molecule has 0 unspecified atom stereocenters. The fraction of sp³-hybridized carbons (Fsp3) is 0.750. The summed E-state index contributed by atoms with van der Waals surface area (Å²) in [5, 5.41) is 10.6. The monoisotopic (exact) mass is 308 g/mol. The highest BCUT2D eigenvalue weighted by Gasteiger charge is 2.22. The minimum Gasteiger partial charge on any atom is -0.376 e. The van der Waals surface area contributed by atoms with Crippen molar-refractivity contribution in [2.24, 2.45) is 0 Å². The number of aromatic nitrogens is 2. The zero-order valence-electron chi connectivity index (χ0n) is 14.0. The Morgan fingerprint density at radius 3 is 2.86 bits per heavy atom. The Balaban J connectivity index is 1.76. The lowest BCUT2D eigenvalue weighted by Crippen LogP contribution is -2.49. The summed E-state index contributed by atoms with van der Waals surface area (Å²) in [7, 11) is 0. The molecule has 0 bridgehead atoms. The topological polar surface area (TPSA) is 68.2 Å². The summed E-state index contributed by atoms with van der Waals surface area (Å²) >= 11 is 0. The van der Waals surface area contributed by atoms with Gasteiger partial charge in [0.05, 0.1) is 24.4 Å². The van der Waals surface area contributed by atoms with E-state index in [1.165, 1.54) is 0 Å². The third-order valence-corrected chi connectivity index (χ3v) is 4.31. The highest BCUT2D eigenvalue weighted by molar-refractivity contribution is 5.81. The van der Waals surface area contributed by atoms with E-state index in [4.69, 9.17) is 4.74 Å². The van der Waals surface area contributed by atoms with E-state index in [1.807, 2.05) is 30.9 Å². The maximum Gasteiger partial charge on any atom is 0.236 e. The van der Waals surface area contributed by atoms with E-state index in [9.17, 15) is 4.79 Å². The Labute approximate surface area is 132 Å². The molecule has 4 atom stereocenters. The predicted octanol–water partition coefficient (Wildman–Crippen LogP) is 1.41. The molecule has 1 aromatic heterocycles. The first-order valence-corrected chi connectivity index (χ1v) is 8.13. The molecule has 1 fully saturated rings. The van der Waals surface area contributed by atoms with Gasteiger partial charge in [0, 0.05) is 25.4 Å². The van der Waals surface area contributed by atoms with Crippen molar-refractivity contribution in [2.75, 3.05) is 13.2 Å². The number of amides is 1. The highest BCUT2D eigenvalue weighted by atomic mass is 16.5. The maximum atomic E-state index is 12.1. The SMILES string of the molecule is Cc1cnn([C@H](C)[C@H](C)N[C@@H](C)C(=O)NC[C@H]2CCCO2)c1. The van der Waals surface area contributed by atoms with Gasteiger partial charge in [0.25, 0.3) is 0 Å². The van der Waals surface area contributed by atoms with Gasteiger partial charge in [-0.2, -0.15) is 5.10 Å². The van der Waals surface area contributed by atoms with E-state index in [-0.39, 0.29) is 30.1 Å². The summed E-state index contributed by atoms with van der Waals surface area (Å²) in [6.07, 6.45) is 6.17. The van der Waals surface area contributed by atoms with Crippen LogP contribution in [-0.4, -0.2) is 47.0 Å². The molecule has 2 N–H and O–H groups in total. The number of carbonyl (C=O) groups excluding carboxylic acids is 1. The van der Waals surface area contributed by atoms with Gasteiger partial charge in [0.2, 0.25) is 5.91 Å². The fourth-order valence-corrected chi connectivity index (χ4v) is 2.67. The van der Waals surface area contributed by atoms with E-state index < -0.39 is 0 Å². The average Bonchev–Trinajstić information content (AvgIpc) is 3.15. The lowest BCUT2D eigenvalue weighted by molar-refractivity contribution is -0.123. The van der Waals surface area contributed by atoms with Crippen LogP contribution < -0.4 is 10.6 Å². The largest absolute Gasteiger partial charge is 0.376 e. The van der Waals surface area contributed by atoms with Gasteiger partial charge in [0.1, 0.15) is 0 Å². The second kappa shape index (κ2) is 7.74. The van der Waals surface area contributed by atoms with Gasteiger partial charge in [0.15, 0.2) is 0 Å². The molecule has 6 nitrogen and oxygen atoms in total. The van der Waals surface area contributed by atoms with Crippen LogP contribution in [0.5, 0.6) is 0 Å². The molecule has 1 amide bonds. The fourth-order valence-electron chi connectivity index (χ4n) is 2.67. The Kier molecular flexibility index (Phi) is 5.97. The van der Waals surface area contributed by atoms with Gasteiger partial charge in [-0.25, -0.2) is 0 Å². The van der Waals surface area contributed by atoms with Crippen molar-refractivity contribution >= 4 is 5.91 Å². The van der Waals surface area contributed by atoms with Crippen LogP contribution in [0.1, 0.15) is 45.2 Å². The normalized spacial score (nSPS) is 22.3. The van der Waals surface area contributed by atoms with E-state index in [1.54, 1.807) is 0 Å². The molecular weight excluding hydrogens is 280 g/mol. The number of hydrogen-bond donors (Lipinski definition) is 2. The second-order valence-electron chi connectivity index (χ2n) is 6.30. The molecule has 0 aliphatic carbocycles. The molecule has 6 heteroatoms. The number of nitrogens with zero attached hydrogens (tertiary/aromatic N) is 2. The van der Waals surface area contributed by atoms with Crippen molar-refractivity contribution in [3.05, 3.63) is 18.0 Å². The van der Waals surface area contributed by atoms with Crippen molar-refractivity contribution in [3.63, 3.8) is 0 Å². The molecule has 2 heterocycles. The van der Waals surface area contributed by atoms with Crippen LogP contribution in [0.2, 0.25) is 0 Å². The molecule has 1 saturated heterocycles. The second-order valence-corrected chi connectivity index (χ2v) is 6.30. The molecule has 2 rings (SSSR count). The molecule has 124 valence electrons. The molecular formula is C16H28N4O2. The standard InChI is InChI=1S/C16H28N4O2/c1-11-8-18-20(10-11)14(4)12(2)19-13(3)16(21)17-9-15-6-5-7-22-15/h8,10,12-15,19H,5-7,9H2,1-4H3,(H,17,21)/t12-,13-,14+,15+/m0/s1. The van der Waals surface area contributed by atoms with Crippen molar-refractivity contribution in [2.45, 2.75) is 64.8 Å². The highest BCUT2D eigenvalue weighted by Crippen LogP contribution is 2.12. The van der Waals surface area contributed by atoms with Gasteiger partial charge >= 0.3 is 0 Å². The molecule has 1 aromatic rings. The smallest absolute Gasteiger partial charge is 0.236 e. The summed E-state index contributed by atoms with van der Waals surface area (Å²) in [6.45, 7) is 9.50. The maximum absolute atomic E-state index is 12.1. The summed E-state index contributed by atoms with van der Waals surface area (Å²) in [5.41, 5.74) is 1.14. The predicted molar refractivity (Wildman–Crippen MR) is 85.7 cm³/mol. The van der Waals surface area contributed by atoms with Crippen LogP contribution in [0.15, 0.2) is 12.4 Å². The Bertz CT molecular complexity index is 482. The van der Waals surface area contributed by atoms with Gasteiger partial charge in [-0.1, -0.05) is 0 Å². The van der Waals surface area contributed by atoms with Crippen LogP contribution in [0.25, 0.3) is 0 Å². The van der Waals surface area contributed by atoms with E-state index in [2.05, 4.69) is 29.6 Å². The van der Waals surface area contributed by atoms with Crippen molar-refractivity contribution < 1.29 is 9.53 Å². The number of nitrogens with one attached hydrogen (secondary N) is 2. The summed E-state index contributed by atoms with van der Waals surface area (Å²) in [5.74, 6) is 0.0196. The quantitative estimate of drug-likeness (QED) is 0.799. The Hall–Kier alpha value is -1.40. The first kappa shape index (κ1) is 17.0. The van der Waals surface area contributed by atoms with Gasteiger partial charge in [-0.05, 0) is 46.1 Å². The molecule has 0 aromatic carbocycles. The van der Waals surface area contributed by atoms with E-state index >= 15 is 0 Å². The Morgan fingerprint density at radius 2 is 2.27 bits per heavy atom. The third kappa shape index (κ3) is 4.55. The lowest BCUT2D eigenvalue weighted by Gasteiger charge is -2.25. The summed E-state index contributed by atoms with van der Waals surface area (Å²) < 4.78 is 7.45. The number of hydrogen-bond acceptors (Lipinski definition) is 4. The molecule has 1 aliphatic rings. The average molecular weight is 308 g/mol. The van der Waals surface area contributed by atoms with Crippen molar-refractivity contribution in [1.29, 1.82) is 0 Å². The van der Waals surface area contributed by atoms with Crippen LogP contribution in [0.3, 0.4) is 0 Å². The lowest BCUT2D eigenvalue weighted by atomic mass is 10.1. The van der Waals surface area contributed by atoms with Crippen molar-refractivity contribution in [3.8, 4) is 0 Å². The van der Waals surface area contributed by atoms with Crippen molar-refractivity contribution in [1.82, 2.24) is 20.4 Å². The van der Waals surface area contributed by atoms with Crippen LogP contribution >= 0.6 is 0 Å². The molecule has 1 aliphatic heterocycles. The van der Waals surface area contributed by atoms with Crippen LogP contribution in [0.4, 0.5) is 0 Å². The summed E-state index contributed by atoms with van der Waals surface area (Å²) in [6, 6.07) is 0.0837. The first-order valence-electron chi connectivity index (χ1n) is 8.13. The minimum atomic E-state index is -0.240. The number of ether oxygens (including phenoxy) is 1. The molecule has 0 spiro atoms. The first-order chi connectivity index (χ1) is 10.5. The van der Waals surface area contributed by atoms with Gasteiger partial charge in [-0.3, -0.25) is 9.48 Å². The number of carbonyl (C=O) groups is 1. The van der Waals surface area contributed by atoms with Gasteiger partial charge < -0.3 is 15.4 Å². The molecule has 22 heavy (non-hydrogen) atoms. The molecule has 0 radical (unpaired) electrons. The zero-order chi connectivity index (χ0) is 16.1. The molecule has 0 saturated carbocycles. The number of rotatable bonds is 7. The third-order valence-electron chi connectivity index (χ3n) is 4.31. The van der Waals surface area contributed by atoms with Crippen LogP contribution in [-0.2, 0) is 9.53 Å². The van der Waals surface area contributed by atoms with E-state index in [0.717, 1.165) is 25.0 Å². The van der Waals surface area contributed by atoms with E-state index in [0.29, 0.717) is 6.54 Å².